The van der Waals surface area contributed by atoms with Gasteiger partial charge in [-0.2, -0.15) is 13.2 Å². The Labute approximate surface area is 184 Å². The standard InChI is InChI=1S/C24H23F3N4O/c1-16-7-5-11-19(17-8-3-2-4-9-17)21(16)22(32)31-14-6-10-18(15-31)29-23-28-13-12-20(30-23)24(25,26)27/h2-5,7-9,11-13,18H,6,10,14-15H2,1H3,(H,28,29,30). The zero-order valence-electron chi connectivity index (χ0n) is 17.6. The molecular weight excluding hydrogens is 417 g/mol. The molecule has 5 nitrogen and oxygen atoms in total. The van der Waals surface area contributed by atoms with Crippen LogP contribution in [0.5, 0.6) is 0 Å². The minimum Gasteiger partial charge on any atom is -0.350 e. The van der Waals surface area contributed by atoms with Crippen molar-refractivity contribution in [2.75, 3.05) is 18.4 Å². The summed E-state index contributed by atoms with van der Waals surface area (Å²) in [5.74, 6) is -0.168. The lowest BCUT2D eigenvalue weighted by molar-refractivity contribution is -0.141. The molecule has 0 bridgehead atoms. The van der Waals surface area contributed by atoms with E-state index >= 15 is 0 Å². The van der Waals surface area contributed by atoms with E-state index in [0.29, 0.717) is 25.1 Å². The lowest BCUT2D eigenvalue weighted by Gasteiger charge is -2.34. The number of amides is 1. The Morgan fingerprint density at radius 1 is 1.09 bits per heavy atom. The summed E-state index contributed by atoms with van der Waals surface area (Å²) in [6, 6.07) is 16.1. The SMILES string of the molecule is Cc1cccc(-c2ccccc2)c1C(=O)N1CCCC(Nc2nccc(C(F)(F)F)n2)C1. The molecule has 1 atom stereocenters. The highest BCUT2D eigenvalue weighted by Crippen LogP contribution is 2.29. The molecule has 32 heavy (non-hydrogen) atoms. The van der Waals surface area contributed by atoms with Crippen molar-refractivity contribution < 1.29 is 18.0 Å². The first-order chi connectivity index (χ1) is 15.3. The lowest BCUT2D eigenvalue weighted by Crippen LogP contribution is -2.45. The van der Waals surface area contributed by atoms with Crippen LogP contribution in [0, 0.1) is 6.92 Å². The Balaban J connectivity index is 1.54. The summed E-state index contributed by atoms with van der Waals surface area (Å²) >= 11 is 0. The van der Waals surface area contributed by atoms with Crippen LogP contribution in [-0.4, -0.2) is 39.9 Å². The van der Waals surface area contributed by atoms with Crippen LogP contribution in [0.3, 0.4) is 0 Å². The molecule has 2 heterocycles. The molecule has 1 fully saturated rings. The fraction of sp³-hybridized carbons (Fsp3) is 0.292. The van der Waals surface area contributed by atoms with Gasteiger partial charge in [-0.25, -0.2) is 9.97 Å². The molecule has 1 saturated heterocycles. The second-order valence-electron chi connectivity index (χ2n) is 7.86. The molecule has 1 amide bonds. The van der Waals surface area contributed by atoms with Gasteiger partial charge in [0.05, 0.1) is 5.56 Å². The number of benzene rings is 2. The van der Waals surface area contributed by atoms with Crippen LogP contribution >= 0.6 is 0 Å². The van der Waals surface area contributed by atoms with Gasteiger partial charge in [-0.1, -0.05) is 48.5 Å². The molecule has 1 aromatic heterocycles. The van der Waals surface area contributed by atoms with Gasteiger partial charge >= 0.3 is 6.18 Å². The summed E-state index contributed by atoms with van der Waals surface area (Å²) in [6.07, 6.45) is -2.01. The molecule has 3 aromatic rings. The molecule has 0 saturated carbocycles. The molecule has 0 spiro atoms. The van der Waals surface area contributed by atoms with Crippen LogP contribution in [0.25, 0.3) is 11.1 Å². The summed E-state index contributed by atoms with van der Waals surface area (Å²) in [6.45, 7) is 2.86. The van der Waals surface area contributed by atoms with Crippen molar-refractivity contribution in [3.63, 3.8) is 0 Å². The molecule has 1 N–H and O–H groups in total. The molecule has 0 aliphatic carbocycles. The van der Waals surface area contributed by atoms with E-state index in [1.807, 2.05) is 55.5 Å². The van der Waals surface area contributed by atoms with Crippen LogP contribution < -0.4 is 5.32 Å². The molecule has 0 radical (unpaired) electrons. The summed E-state index contributed by atoms with van der Waals surface area (Å²) in [5.41, 5.74) is 2.36. The number of carbonyl (C=O) groups is 1. The van der Waals surface area contributed by atoms with Crippen LogP contribution in [0.1, 0.15) is 34.5 Å². The third kappa shape index (κ3) is 4.74. The number of hydrogen-bond acceptors (Lipinski definition) is 4. The predicted octanol–water partition coefficient (Wildman–Crippen LogP) is 5.19. The number of carbonyl (C=O) groups excluding carboxylic acids is 1. The molecule has 1 aliphatic heterocycles. The van der Waals surface area contributed by atoms with E-state index in [4.69, 9.17) is 0 Å². The highest BCUT2D eigenvalue weighted by atomic mass is 19.4. The average Bonchev–Trinajstić information content (AvgIpc) is 2.79. The van der Waals surface area contributed by atoms with Gasteiger partial charge in [-0.3, -0.25) is 4.79 Å². The van der Waals surface area contributed by atoms with Gasteiger partial charge in [-0.05, 0) is 42.5 Å². The van der Waals surface area contributed by atoms with Crippen molar-refractivity contribution in [2.45, 2.75) is 32.0 Å². The Bertz CT molecular complexity index is 1100. The van der Waals surface area contributed by atoms with Crippen molar-refractivity contribution in [3.05, 3.63) is 77.6 Å². The van der Waals surface area contributed by atoms with E-state index in [0.717, 1.165) is 35.4 Å². The lowest BCUT2D eigenvalue weighted by atomic mass is 9.94. The topological polar surface area (TPSA) is 58.1 Å². The number of alkyl halides is 3. The summed E-state index contributed by atoms with van der Waals surface area (Å²) in [5, 5.41) is 2.97. The van der Waals surface area contributed by atoms with Gasteiger partial charge in [0, 0.05) is 25.3 Å². The fourth-order valence-electron chi connectivity index (χ4n) is 4.02. The minimum atomic E-state index is -4.54. The largest absolute Gasteiger partial charge is 0.433 e. The monoisotopic (exact) mass is 440 g/mol. The number of anilines is 1. The number of nitrogens with one attached hydrogen (secondary N) is 1. The minimum absolute atomic E-state index is 0.0833. The van der Waals surface area contributed by atoms with Crippen LogP contribution in [0.2, 0.25) is 0 Å². The van der Waals surface area contributed by atoms with E-state index in [1.165, 1.54) is 0 Å². The van der Waals surface area contributed by atoms with E-state index in [2.05, 4.69) is 15.3 Å². The van der Waals surface area contributed by atoms with Gasteiger partial charge < -0.3 is 10.2 Å². The van der Waals surface area contributed by atoms with E-state index < -0.39 is 11.9 Å². The van der Waals surface area contributed by atoms with Crippen molar-refractivity contribution in [3.8, 4) is 11.1 Å². The number of nitrogens with zero attached hydrogens (tertiary/aromatic N) is 3. The zero-order valence-corrected chi connectivity index (χ0v) is 17.6. The number of halogens is 3. The highest BCUT2D eigenvalue weighted by Gasteiger charge is 2.33. The molecular formula is C24H23F3N4O. The van der Waals surface area contributed by atoms with Crippen LogP contribution in [-0.2, 0) is 6.18 Å². The first-order valence-electron chi connectivity index (χ1n) is 10.4. The summed E-state index contributed by atoms with van der Waals surface area (Å²) < 4.78 is 38.8. The van der Waals surface area contributed by atoms with E-state index in [-0.39, 0.29) is 17.9 Å². The molecule has 166 valence electrons. The van der Waals surface area contributed by atoms with E-state index in [9.17, 15) is 18.0 Å². The second kappa shape index (κ2) is 8.98. The Morgan fingerprint density at radius 3 is 2.62 bits per heavy atom. The quantitative estimate of drug-likeness (QED) is 0.607. The number of rotatable bonds is 4. The zero-order chi connectivity index (χ0) is 22.7. The molecule has 2 aromatic carbocycles. The second-order valence-corrected chi connectivity index (χ2v) is 7.86. The average molecular weight is 440 g/mol. The Kier molecular flexibility index (Phi) is 6.12. The van der Waals surface area contributed by atoms with E-state index in [1.54, 1.807) is 4.90 Å². The van der Waals surface area contributed by atoms with Crippen molar-refractivity contribution in [1.29, 1.82) is 0 Å². The first kappa shape index (κ1) is 21.8. The van der Waals surface area contributed by atoms with Gasteiger partial charge in [-0.15, -0.1) is 0 Å². The van der Waals surface area contributed by atoms with Gasteiger partial charge in [0.2, 0.25) is 5.95 Å². The molecule has 4 rings (SSSR count). The number of aryl methyl sites for hydroxylation is 1. The van der Waals surface area contributed by atoms with Gasteiger partial charge in [0.1, 0.15) is 5.69 Å². The Hall–Kier alpha value is -3.42. The normalized spacial score (nSPS) is 16.6. The number of piperidine rings is 1. The third-order valence-corrected chi connectivity index (χ3v) is 5.56. The molecule has 8 heteroatoms. The summed E-state index contributed by atoms with van der Waals surface area (Å²) in [7, 11) is 0. The number of hydrogen-bond donors (Lipinski definition) is 1. The maximum Gasteiger partial charge on any atom is 0.433 e. The maximum absolute atomic E-state index is 13.5. The predicted molar refractivity (Wildman–Crippen MR) is 116 cm³/mol. The summed E-state index contributed by atoms with van der Waals surface area (Å²) in [4.78, 5) is 22.8. The smallest absolute Gasteiger partial charge is 0.350 e. The Morgan fingerprint density at radius 2 is 1.88 bits per heavy atom. The molecule has 1 aliphatic rings. The third-order valence-electron chi connectivity index (χ3n) is 5.56. The fourth-order valence-corrected chi connectivity index (χ4v) is 4.02. The van der Waals surface area contributed by atoms with Gasteiger partial charge in [0.25, 0.3) is 5.91 Å². The van der Waals surface area contributed by atoms with Gasteiger partial charge in [0.15, 0.2) is 0 Å². The van der Waals surface area contributed by atoms with Crippen molar-refractivity contribution in [2.24, 2.45) is 0 Å². The highest BCUT2D eigenvalue weighted by molar-refractivity contribution is 6.02. The number of aromatic nitrogens is 2. The first-order valence-corrected chi connectivity index (χ1v) is 10.4. The van der Waals surface area contributed by atoms with Crippen molar-refractivity contribution in [1.82, 2.24) is 14.9 Å². The molecule has 1 unspecified atom stereocenters. The number of likely N-dealkylation sites (tertiary alicyclic amines) is 1. The van der Waals surface area contributed by atoms with Crippen LogP contribution in [0.4, 0.5) is 19.1 Å². The van der Waals surface area contributed by atoms with Crippen LogP contribution in [0.15, 0.2) is 60.8 Å². The van der Waals surface area contributed by atoms with Crippen molar-refractivity contribution >= 4 is 11.9 Å². The maximum atomic E-state index is 13.5.